The van der Waals surface area contributed by atoms with Crippen LogP contribution in [0.1, 0.15) is 17.6 Å². The van der Waals surface area contributed by atoms with E-state index in [0.29, 0.717) is 5.56 Å². The van der Waals surface area contributed by atoms with E-state index in [9.17, 15) is 14.3 Å². The van der Waals surface area contributed by atoms with E-state index in [-0.39, 0.29) is 18.8 Å². The quantitative estimate of drug-likeness (QED) is 0.682. The van der Waals surface area contributed by atoms with Crippen molar-refractivity contribution in [3.8, 4) is 0 Å². The maximum absolute atomic E-state index is 11.6. The highest BCUT2D eigenvalue weighted by molar-refractivity contribution is 7.57. The summed E-state index contributed by atoms with van der Waals surface area (Å²) in [6, 6.07) is 8.77. The fraction of sp³-hybridized carbons (Fsp3) is 0.300. The summed E-state index contributed by atoms with van der Waals surface area (Å²) < 4.78 is 11.6. The average molecular weight is 283 g/mol. The molecule has 2 atom stereocenters. The molecular weight excluding hydrogens is 270 g/mol. The number of halogens is 2. The van der Waals surface area contributed by atoms with Crippen LogP contribution in [0.4, 0.5) is 0 Å². The molecule has 0 radical (unpaired) electrons. The van der Waals surface area contributed by atoms with E-state index in [2.05, 4.69) is 0 Å². The van der Waals surface area contributed by atoms with Gasteiger partial charge in [0.05, 0.1) is 5.66 Å². The monoisotopic (exact) mass is 282 g/mol. The molecule has 0 heterocycles. The van der Waals surface area contributed by atoms with Gasteiger partial charge in [0.15, 0.2) is 0 Å². The van der Waals surface area contributed by atoms with Gasteiger partial charge in [0.25, 0.3) is 0 Å². The van der Waals surface area contributed by atoms with Gasteiger partial charge in [0.2, 0.25) is 12.6 Å². The van der Waals surface area contributed by atoms with Crippen LogP contribution in [0.15, 0.2) is 30.3 Å². The molecule has 1 N–H and O–H groups in total. The van der Waals surface area contributed by atoms with Crippen LogP contribution in [-0.4, -0.2) is 16.8 Å². The van der Waals surface area contributed by atoms with Crippen LogP contribution in [-0.2, 0) is 9.36 Å². The van der Waals surface area contributed by atoms with Gasteiger partial charge < -0.3 is 4.89 Å². The van der Waals surface area contributed by atoms with Gasteiger partial charge in [-0.3, -0.25) is 9.36 Å². The number of rotatable bonds is 4. The molecule has 1 aromatic rings. The first-order valence-corrected chi connectivity index (χ1v) is 7.00. The maximum atomic E-state index is 11.6. The topological polar surface area (TPSA) is 54.4 Å². The van der Waals surface area contributed by atoms with Crippen molar-refractivity contribution in [3.05, 3.63) is 35.9 Å². The van der Waals surface area contributed by atoms with Crippen molar-refractivity contribution in [2.24, 2.45) is 0 Å². The minimum Gasteiger partial charge on any atom is -0.344 e. The van der Waals surface area contributed by atoms with Gasteiger partial charge >= 0.3 is 0 Å². The van der Waals surface area contributed by atoms with Crippen LogP contribution in [0.25, 0.3) is 0 Å². The van der Waals surface area contributed by atoms with Crippen LogP contribution in [0.3, 0.4) is 0 Å². The summed E-state index contributed by atoms with van der Waals surface area (Å²) in [7, 11) is -3.36. The van der Waals surface area contributed by atoms with E-state index in [1.165, 1.54) is 6.66 Å². The molecule has 0 spiro atoms. The Labute approximate surface area is 106 Å². The molecule has 0 bridgehead atoms. The lowest BCUT2D eigenvalue weighted by molar-refractivity contribution is -0.111. The van der Waals surface area contributed by atoms with Crippen LogP contribution in [0, 0.1) is 0 Å². The van der Waals surface area contributed by atoms with Crippen molar-refractivity contribution < 1.29 is 14.3 Å². The van der Waals surface area contributed by atoms with Gasteiger partial charge in [-0.2, -0.15) is 0 Å². The largest absolute Gasteiger partial charge is 0.344 e. The van der Waals surface area contributed by atoms with Crippen molar-refractivity contribution in [1.29, 1.82) is 0 Å². The van der Waals surface area contributed by atoms with Gasteiger partial charge in [0, 0.05) is 13.1 Å². The molecule has 0 amide bonds. The van der Waals surface area contributed by atoms with E-state index in [4.69, 9.17) is 11.6 Å². The number of hydrogen-bond donors (Lipinski definition) is 1. The fourth-order valence-electron chi connectivity index (χ4n) is 1.39. The standard InChI is InChI=1S/C10H12ClO3P.ClH/c1-15(13,14)9(7-10(11)12)8-5-3-2-4-6-8;/h2-6,9H,7H2,1H3,(H,13,14);1H. The van der Waals surface area contributed by atoms with Gasteiger partial charge in [-0.25, -0.2) is 0 Å². The van der Waals surface area contributed by atoms with E-state index in [0.717, 1.165) is 0 Å². The van der Waals surface area contributed by atoms with Crippen molar-refractivity contribution in [2.75, 3.05) is 6.66 Å². The third kappa shape index (κ3) is 4.67. The van der Waals surface area contributed by atoms with E-state index in [1.54, 1.807) is 30.3 Å². The zero-order valence-electron chi connectivity index (χ0n) is 8.67. The smallest absolute Gasteiger partial charge is 0.222 e. The molecule has 0 aliphatic heterocycles. The summed E-state index contributed by atoms with van der Waals surface area (Å²) in [4.78, 5) is 20.3. The average Bonchev–Trinajstić information content (AvgIpc) is 2.14. The second-order valence-corrected chi connectivity index (χ2v) is 6.36. The summed E-state index contributed by atoms with van der Waals surface area (Å²) >= 11 is 5.26. The molecule has 0 saturated carbocycles. The predicted molar refractivity (Wildman–Crippen MR) is 67.7 cm³/mol. The highest BCUT2D eigenvalue weighted by atomic mass is 35.5. The Balaban J connectivity index is 0.00000225. The van der Waals surface area contributed by atoms with Crippen molar-refractivity contribution in [2.45, 2.75) is 12.1 Å². The first kappa shape index (κ1) is 15.7. The predicted octanol–water partition coefficient (Wildman–Crippen LogP) is 3.21. The molecule has 1 rings (SSSR count). The first-order chi connectivity index (χ1) is 6.91. The van der Waals surface area contributed by atoms with Crippen LogP contribution in [0.5, 0.6) is 0 Å². The summed E-state index contributed by atoms with van der Waals surface area (Å²) in [6.07, 6.45) is -0.115. The van der Waals surface area contributed by atoms with Gasteiger partial charge in [-0.1, -0.05) is 30.3 Å². The van der Waals surface area contributed by atoms with E-state index >= 15 is 0 Å². The Kier molecular flexibility index (Phi) is 6.27. The second kappa shape index (κ2) is 6.41. The van der Waals surface area contributed by atoms with Gasteiger partial charge in [-0.15, -0.1) is 12.4 Å². The van der Waals surface area contributed by atoms with Crippen LogP contribution >= 0.6 is 31.4 Å². The lowest BCUT2D eigenvalue weighted by Gasteiger charge is -2.18. The number of carbonyl (C=O) groups excluding carboxylic acids is 1. The Morgan fingerprint density at radius 1 is 1.44 bits per heavy atom. The third-order valence-corrected chi connectivity index (χ3v) is 3.91. The van der Waals surface area contributed by atoms with Gasteiger partial charge in [-0.05, 0) is 17.2 Å². The lowest BCUT2D eigenvalue weighted by atomic mass is 10.1. The molecule has 0 saturated heterocycles. The SMILES string of the molecule is CP(=O)(O)C(CC(=O)Cl)c1ccccc1.Cl. The molecule has 2 unspecified atom stereocenters. The molecule has 6 heteroatoms. The normalized spacial score (nSPS) is 15.7. The number of carbonyl (C=O) groups is 1. The Hall–Kier alpha value is -0.340. The highest BCUT2D eigenvalue weighted by Gasteiger charge is 2.28. The molecule has 0 aliphatic rings. The molecule has 0 aliphatic carbocycles. The minimum absolute atomic E-state index is 0. The van der Waals surface area contributed by atoms with Crippen LogP contribution in [0.2, 0.25) is 0 Å². The van der Waals surface area contributed by atoms with Crippen molar-refractivity contribution in [3.63, 3.8) is 0 Å². The molecular formula is C10H13Cl2O3P. The Morgan fingerprint density at radius 3 is 2.31 bits per heavy atom. The molecule has 0 fully saturated rings. The Bertz CT molecular complexity index is 388. The second-order valence-electron chi connectivity index (χ2n) is 3.43. The molecule has 3 nitrogen and oxygen atoms in total. The van der Waals surface area contributed by atoms with E-state index in [1.807, 2.05) is 0 Å². The highest BCUT2D eigenvalue weighted by Crippen LogP contribution is 2.54. The summed E-state index contributed by atoms with van der Waals surface area (Å²) in [6.45, 7) is 1.24. The molecule has 90 valence electrons. The summed E-state index contributed by atoms with van der Waals surface area (Å²) in [5.41, 5.74) is -0.0384. The van der Waals surface area contributed by atoms with Crippen LogP contribution < -0.4 is 0 Å². The van der Waals surface area contributed by atoms with Crippen molar-refractivity contribution in [1.82, 2.24) is 0 Å². The van der Waals surface area contributed by atoms with Crippen molar-refractivity contribution >= 4 is 36.6 Å². The number of benzene rings is 1. The third-order valence-electron chi connectivity index (χ3n) is 2.12. The number of hydrogen-bond acceptors (Lipinski definition) is 2. The zero-order chi connectivity index (χ0) is 11.5. The lowest BCUT2D eigenvalue weighted by Crippen LogP contribution is -2.03. The van der Waals surface area contributed by atoms with E-state index < -0.39 is 18.3 Å². The first-order valence-electron chi connectivity index (χ1n) is 4.44. The zero-order valence-corrected chi connectivity index (χ0v) is 11.1. The fourth-order valence-corrected chi connectivity index (χ4v) is 2.88. The molecule has 1 aromatic carbocycles. The van der Waals surface area contributed by atoms with Gasteiger partial charge in [0.1, 0.15) is 0 Å². The maximum Gasteiger partial charge on any atom is 0.222 e. The summed E-state index contributed by atoms with van der Waals surface area (Å²) in [5.74, 6) is 0. The molecule has 16 heavy (non-hydrogen) atoms. The molecule has 0 aromatic heterocycles. The summed E-state index contributed by atoms with van der Waals surface area (Å²) in [5, 5.41) is -0.597. The minimum atomic E-state index is -3.36. The Morgan fingerprint density at radius 2 is 1.94 bits per heavy atom.